The van der Waals surface area contributed by atoms with Gasteiger partial charge in [-0.2, -0.15) is 0 Å². The summed E-state index contributed by atoms with van der Waals surface area (Å²) in [5.74, 6) is -1.58. The summed E-state index contributed by atoms with van der Waals surface area (Å²) in [6.45, 7) is 9.05. The fourth-order valence-corrected chi connectivity index (χ4v) is 5.27. The minimum Gasteiger partial charge on any atom is -0.351 e. The SMILES string of the molecule is C=CC1C(=O)c2ccc3[nH]c4c(ccc5c(=O)c(=C/C)/c(=C\C)c(=O)c54)[nH]c3c2C(=O)C1/C=C\C. The predicted molar refractivity (Wildman–Crippen MR) is 140 cm³/mol. The van der Waals surface area contributed by atoms with Gasteiger partial charge in [0.2, 0.25) is 0 Å². The fourth-order valence-electron chi connectivity index (χ4n) is 5.27. The normalized spacial score (nSPS) is 19.4. The van der Waals surface area contributed by atoms with Crippen LogP contribution in [-0.4, -0.2) is 21.5 Å². The Bertz CT molecular complexity index is 1890. The molecule has 2 N–H and O–H groups in total. The lowest BCUT2D eigenvalue weighted by Gasteiger charge is -2.27. The molecule has 5 rings (SSSR count). The standard InChI is InChI=1S/C29H24N2O4/c1-5-9-17-16(8-4)27(33)19-11-13-21-25(23(19)29(17)35)31-20-12-10-18-22(24(20)30-21)28(34)15(7-3)14(6-2)26(18)32/h5-13,16-17,30-31H,4H2,1-3H3/b9-5-,14-6+,15-7+. The van der Waals surface area contributed by atoms with Gasteiger partial charge in [0.05, 0.1) is 44.9 Å². The second kappa shape index (κ2) is 8.17. The number of hydrogen-bond acceptors (Lipinski definition) is 4. The summed E-state index contributed by atoms with van der Waals surface area (Å²) >= 11 is 0. The average molecular weight is 465 g/mol. The largest absolute Gasteiger partial charge is 0.351 e. The van der Waals surface area contributed by atoms with Gasteiger partial charge in [-0.25, -0.2) is 0 Å². The van der Waals surface area contributed by atoms with Crippen LogP contribution in [0.1, 0.15) is 41.5 Å². The summed E-state index contributed by atoms with van der Waals surface area (Å²) in [6.07, 6.45) is 8.34. The van der Waals surface area contributed by atoms with Crippen LogP contribution in [0.4, 0.5) is 0 Å². The Morgan fingerprint density at radius 3 is 2.06 bits per heavy atom. The second-order valence-corrected chi connectivity index (χ2v) is 8.68. The smallest absolute Gasteiger partial charge is 0.196 e. The highest BCUT2D eigenvalue weighted by atomic mass is 16.1. The number of aromatic amines is 2. The Balaban J connectivity index is 1.93. The third kappa shape index (κ3) is 3.03. The van der Waals surface area contributed by atoms with E-state index < -0.39 is 11.8 Å². The van der Waals surface area contributed by atoms with Crippen LogP contribution in [0.2, 0.25) is 0 Å². The van der Waals surface area contributed by atoms with Gasteiger partial charge in [0.15, 0.2) is 22.4 Å². The van der Waals surface area contributed by atoms with E-state index in [1.807, 2.05) is 6.92 Å². The first-order chi connectivity index (χ1) is 16.9. The van der Waals surface area contributed by atoms with Crippen molar-refractivity contribution in [1.82, 2.24) is 9.97 Å². The number of hydrogen-bond donors (Lipinski definition) is 2. The highest BCUT2D eigenvalue weighted by Gasteiger charge is 2.39. The zero-order valence-corrected chi connectivity index (χ0v) is 19.7. The van der Waals surface area contributed by atoms with Crippen molar-refractivity contribution in [3.8, 4) is 0 Å². The van der Waals surface area contributed by atoms with Crippen molar-refractivity contribution in [2.24, 2.45) is 11.8 Å². The quantitative estimate of drug-likeness (QED) is 0.269. The number of rotatable bonds is 2. The molecule has 1 aromatic heterocycles. The summed E-state index contributed by atoms with van der Waals surface area (Å²) in [5, 5.41) is 1.38. The number of aromatic nitrogens is 2. The van der Waals surface area contributed by atoms with Crippen LogP contribution in [-0.2, 0) is 0 Å². The number of carbonyl (C=O) groups excluding carboxylic acids is 2. The Morgan fingerprint density at radius 1 is 0.771 bits per heavy atom. The Hall–Kier alpha value is -4.32. The first-order valence-electron chi connectivity index (χ1n) is 11.5. The molecular weight excluding hydrogens is 440 g/mol. The van der Waals surface area contributed by atoms with E-state index >= 15 is 0 Å². The fraction of sp³-hybridized carbons (Fsp3) is 0.172. The lowest BCUT2D eigenvalue weighted by molar-refractivity contribution is 0.0804. The van der Waals surface area contributed by atoms with Crippen LogP contribution >= 0.6 is 0 Å². The van der Waals surface area contributed by atoms with Crippen molar-refractivity contribution >= 4 is 56.6 Å². The highest BCUT2D eigenvalue weighted by Crippen LogP contribution is 2.36. The van der Waals surface area contributed by atoms with Gasteiger partial charge in [-0.3, -0.25) is 19.2 Å². The molecule has 1 heterocycles. The molecule has 35 heavy (non-hydrogen) atoms. The van der Waals surface area contributed by atoms with Gasteiger partial charge >= 0.3 is 0 Å². The molecule has 3 aromatic carbocycles. The van der Waals surface area contributed by atoms with Gasteiger partial charge in [0, 0.05) is 21.4 Å². The van der Waals surface area contributed by atoms with Crippen molar-refractivity contribution in [1.29, 1.82) is 0 Å². The number of H-pyrrole nitrogens is 2. The van der Waals surface area contributed by atoms with E-state index in [4.69, 9.17) is 0 Å². The topological polar surface area (TPSA) is 99.9 Å². The van der Waals surface area contributed by atoms with Crippen LogP contribution in [0.3, 0.4) is 0 Å². The number of Topliss-reactive ketones (excluding diaryl/α,β-unsaturated/α-hetero) is 2. The first kappa shape index (κ1) is 22.5. The summed E-state index contributed by atoms with van der Waals surface area (Å²) < 4.78 is 0. The van der Waals surface area contributed by atoms with Gasteiger partial charge < -0.3 is 9.97 Å². The number of carbonyl (C=O) groups is 2. The predicted octanol–water partition coefficient (Wildman–Crippen LogP) is 3.50. The lowest BCUT2D eigenvalue weighted by Crippen LogP contribution is -2.47. The summed E-state index contributed by atoms with van der Waals surface area (Å²) in [6, 6.07) is 6.69. The van der Waals surface area contributed by atoms with Crippen LogP contribution in [0.25, 0.3) is 45.0 Å². The van der Waals surface area contributed by atoms with Gasteiger partial charge in [-0.05, 0) is 45.0 Å². The number of allylic oxidation sites excluding steroid dienone is 3. The molecule has 2 atom stereocenters. The Labute approximate surface area is 200 Å². The van der Waals surface area contributed by atoms with Crippen molar-refractivity contribution in [3.05, 3.63) is 91.1 Å². The van der Waals surface area contributed by atoms with E-state index in [1.165, 1.54) is 6.08 Å². The molecule has 0 saturated heterocycles. The van der Waals surface area contributed by atoms with Gasteiger partial charge in [-0.1, -0.05) is 30.4 Å². The number of benzene rings is 3. The summed E-state index contributed by atoms with van der Waals surface area (Å²) in [5.41, 5.74) is 2.29. The Morgan fingerprint density at radius 2 is 1.40 bits per heavy atom. The van der Waals surface area contributed by atoms with E-state index in [2.05, 4.69) is 16.5 Å². The molecule has 0 radical (unpaired) electrons. The molecule has 174 valence electrons. The molecule has 0 fully saturated rings. The molecule has 6 heteroatoms. The zero-order chi connectivity index (χ0) is 25.0. The molecule has 2 unspecified atom stereocenters. The van der Waals surface area contributed by atoms with Crippen LogP contribution < -0.4 is 21.3 Å². The highest BCUT2D eigenvalue weighted by molar-refractivity contribution is 6.22. The molecule has 0 aliphatic heterocycles. The van der Waals surface area contributed by atoms with E-state index in [0.717, 1.165) is 0 Å². The van der Waals surface area contributed by atoms with Crippen molar-refractivity contribution in [3.63, 3.8) is 0 Å². The summed E-state index contributed by atoms with van der Waals surface area (Å²) in [4.78, 5) is 59.8. The van der Waals surface area contributed by atoms with Gasteiger partial charge in [0.25, 0.3) is 0 Å². The second-order valence-electron chi connectivity index (χ2n) is 8.68. The monoisotopic (exact) mass is 464 g/mol. The van der Waals surface area contributed by atoms with E-state index in [-0.39, 0.29) is 22.4 Å². The molecule has 0 bridgehead atoms. The van der Waals surface area contributed by atoms with E-state index in [1.54, 1.807) is 62.4 Å². The van der Waals surface area contributed by atoms with Gasteiger partial charge in [-0.15, -0.1) is 6.58 Å². The van der Waals surface area contributed by atoms with E-state index in [0.29, 0.717) is 54.4 Å². The van der Waals surface area contributed by atoms with Crippen LogP contribution in [0.15, 0.2) is 58.7 Å². The maximum atomic E-state index is 13.6. The van der Waals surface area contributed by atoms with Crippen molar-refractivity contribution in [2.45, 2.75) is 20.8 Å². The first-order valence-corrected chi connectivity index (χ1v) is 11.5. The third-order valence-electron chi connectivity index (χ3n) is 6.92. The minimum absolute atomic E-state index is 0.157. The average Bonchev–Trinajstić information content (AvgIpc) is 2.86. The number of fused-ring (bicyclic) bond motifs is 6. The molecule has 6 nitrogen and oxygen atoms in total. The van der Waals surface area contributed by atoms with Crippen LogP contribution in [0.5, 0.6) is 0 Å². The molecule has 1 aliphatic carbocycles. The maximum Gasteiger partial charge on any atom is 0.196 e. The zero-order valence-electron chi connectivity index (χ0n) is 19.7. The number of nitrogens with one attached hydrogen (secondary N) is 2. The molecule has 1 aliphatic rings. The molecule has 0 saturated carbocycles. The molecule has 0 amide bonds. The van der Waals surface area contributed by atoms with Crippen LogP contribution in [0, 0.1) is 11.8 Å². The minimum atomic E-state index is -0.633. The number of ketones is 2. The van der Waals surface area contributed by atoms with Gasteiger partial charge in [0.1, 0.15) is 0 Å². The summed E-state index contributed by atoms with van der Waals surface area (Å²) in [7, 11) is 0. The van der Waals surface area contributed by atoms with E-state index in [9.17, 15) is 19.2 Å². The Kier molecular flexibility index (Phi) is 5.24. The molecule has 0 spiro atoms. The van der Waals surface area contributed by atoms with Crippen molar-refractivity contribution < 1.29 is 9.59 Å². The molecule has 4 aromatic rings. The lowest BCUT2D eigenvalue weighted by atomic mass is 9.73. The third-order valence-corrected chi connectivity index (χ3v) is 6.92. The molecular formula is C29H24N2O4. The van der Waals surface area contributed by atoms with Crippen molar-refractivity contribution in [2.75, 3.05) is 0 Å². The maximum absolute atomic E-state index is 13.6.